The number of nitrogens with one attached hydrogen (secondary N) is 1. The van der Waals surface area contributed by atoms with Crippen LogP contribution in [-0.2, 0) is 11.2 Å². The molecule has 2 rings (SSSR count). The topological polar surface area (TPSA) is 98.1 Å². The van der Waals surface area contributed by atoms with E-state index in [1.54, 1.807) is 6.92 Å². The Hall–Kier alpha value is -2.93. The first-order valence-electron chi connectivity index (χ1n) is 9.81. The van der Waals surface area contributed by atoms with Gasteiger partial charge in [-0.1, -0.05) is 45.0 Å². The summed E-state index contributed by atoms with van der Waals surface area (Å²) in [6, 6.07) is 11.6. The lowest BCUT2D eigenvalue weighted by atomic mass is 9.95. The summed E-state index contributed by atoms with van der Waals surface area (Å²) < 4.78 is 5.09. The van der Waals surface area contributed by atoms with Crippen LogP contribution in [0.5, 0.6) is 5.75 Å². The Morgan fingerprint density at radius 3 is 2.41 bits per heavy atom. The van der Waals surface area contributed by atoms with Gasteiger partial charge < -0.3 is 15.4 Å². The lowest BCUT2D eigenvalue weighted by Gasteiger charge is -2.20. The largest absolute Gasteiger partial charge is 0.490 e. The van der Waals surface area contributed by atoms with Gasteiger partial charge in [0.15, 0.2) is 12.3 Å². The van der Waals surface area contributed by atoms with Crippen molar-refractivity contribution >= 4 is 17.3 Å². The van der Waals surface area contributed by atoms with E-state index in [1.165, 1.54) is 30.4 Å². The number of nitro benzene ring substituents is 1. The van der Waals surface area contributed by atoms with Crippen molar-refractivity contribution < 1.29 is 19.8 Å². The molecular weight excluding hydrogens is 370 g/mol. The molecule has 2 aromatic carbocycles. The molecule has 0 aliphatic rings. The Morgan fingerprint density at radius 2 is 1.90 bits per heavy atom. The third-order valence-corrected chi connectivity index (χ3v) is 5.04. The molecule has 1 atom stereocenters. The van der Waals surface area contributed by atoms with Gasteiger partial charge in [-0.15, -0.1) is 0 Å². The third-order valence-electron chi connectivity index (χ3n) is 5.04. The minimum Gasteiger partial charge on any atom is -0.490 e. The van der Waals surface area contributed by atoms with E-state index in [0.29, 0.717) is 17.2 Å². The Balaban J connectivity index is 2.08. The molecule has 0 aromatic heterocycles. The van der Waals surface area contributed by atoms with Crippen molar-refractivity contribution in [2.75, 3.05) is 19.0 Å². The van der Waals surface area contributed by atoms with Crippen LogP contribution in [0.3, 0.4) is 0 Å². The number of hydrogen-bond acceptors (Lipinski definition) is 4. The van der Waals surface area contributed by atoms with Crippen LogP contribution in [0.4, 0.5) is 11.4 Å². The van der Waals surface area contributed by atoms with E-state index in [2.05, 4.69) is 50.4 Å². The van der Waals surface area contributed by atoms with Crippen molar-refractivity contribution in [2.45, 2.75) is 40.2 Å². The molecule has 0 aliphatic heterocycles. The van der Waals surface area contributed by atoms with Gasteiger partial charge >= 0.3 is 5.69 Å². The SMILES string of the molecule is CCc1ccc([C@@H]([NH2+]CC(=O)Nc2cc(OC)c([N+](=O)[O-])cc2C)C(C)C)cc1. The summed E-state index contributed by atoms with van der Waals surface area (Å²) in [4.78, 5) is 23.1. The molecule has 0 saturated heterocycles. The molecule has 7 heteroatoms. The van der Waals surface area contributed by atoms with Crippen LogP contribution in [0, 0.1) is 23.0 Å². The second-order valence-corrected chi connectivity index (χ2v) is 7.45. The van der Waals surface area contributed by atoms with E-state index in [0.717, 1.165) is 6.42 Å². The molecular formula is C22H30N3O4+. The summed E-state index contributed by atoms with van der Waals surface area (Å²) in [5, 5.41) is 16.0. The monoisotopic (exact) mass is 400 g/mol. The molecule has 1 amide bonds. The van der Waals surface area contributed by atoms with Crippen molar-refractivity contribution in [3.05, 3.63) is 63.2 Å². The highest BCUT2D eigenvalue weighted by molar-refractivity contribution is 5.92. The van der Waals surface area contributed by atoms with Crippen molar-refractivity contribution in [1.82, 2.24) is 0 Å². The van der Waals surface area contributed by atoms with Crippen LogP contribution in [0.25, 0.3) is 0 Å². The quantitative estimate of drug-likeness (QED) is 0.498. The maximum absolute atomic E-state index is 12.5. The average molecular weight is 400 g/mol. The first kappa shape index (κ1) is 22.4. The second kappa shape index (κ2) is 10.0. The standard InChI is InChI=1S/C22H29N3O4/c1-6-16-7-9-17(10-8-16)22(14(2)3)23-13-21(26)24-18-12-20(29-5)19(25(27)28)11-15(18)4/h7-12,14,22-23H,6,13H2,1-5H3,(H,24,26)/p+1/t22-/m0/s1. The number of carbonyl (C=O) groups is 1. The predicted octanol–water partition coefficient (Wildman–Crippen LogP) is 3.37. The third kappa shape index (κ3) is 5.77. The summed E-state index contributed by atoms with van der Waals surface area (Å²) in [7, 11) is 1.37. The van der Waals surface area contributed by atoms with Gasteiger partial charge in [0.05, 0.1) is 12.0 Å². The van der Waals surface area contributed by atoms with Gasteiger partial charge in [-0.2, -0.15) is 0 Å². The highest BCUT2D eigenvalue weighted by Gasteiger charge is 2.22. The number of carbonyl (C=O) groups excluding carboxylic acids is 1. The van der Waals surface area contributed by atoms with Crippen LogP contribution < -0.4 is 15.4 Å². The van der Waals surface area contributed by atoms with Crippen LogP contribution in [0.15, 0.2) is 36.4 Å². The molecule has 0 spiro atoms. The van der Waals surface area contributed by atoms with Crippen molar-refractivity contribution in [1.29, 1.82) is 0 Å². The molecule has 0 fully saturated rings. The predicted molar refractivity (Wildman–Crippen MR) is 113 cm³/mol. The van der Waals surface area contributed by atoms with Gasteiger partial charge in [-0.25, -0.2) is 0 Å². The lowest BCUT2D eigenvalue weighted by molar-refractivity contribution is -0.692. The fourth-order valence-corrected chi connectivity index (χ4v) is 3.32. The van der Waals surface area contributed by atoms with E-state index >= 15 is 0 Å². The lowest BCUT2D eigenvalue weighted by Crippen LogP contribution is -2.88. The molecule has 2 aromatic rings. The smallest absolute Gasteiger partial charge is 0.311 e. The number of methoxy groups -OCH3 is 1. The van der Waals surface area contributed by atoms with E-state index in [-0.39, 0.29) is 29.9 Å². The Kier molecular flexibility index (Phi) is 7.73. The van der Waals surface area contributed by atoms with Crippen LogP contribution in [0.1, 0.15) is 43.5 Å². The number of nitro groups is 1. The summed E-state index contributed by atoms with van der Waals surface area (Å²) in [6.45, 7) is 8.37. The molecule has 0 unspecified atom stereocenters. The fourth-order valence-electron chi connectivity index (χ4n) is 3.32. The van der Waals surface area contributed by atoms with Crippen LogP contribution >= 0.6 is 0 Å². The van der Waals surface area contributed by atoms with Gasteiger partial charge in [0.2, 0.25) is 0 Å². The van der Waals surface area contributed by atoms with Gasteiger partial charge in [-0.05, 0) is 24.5 Å². The maximum atomic E-state index is 12.5. The second-order valence-electron chi connectivity index (χ2n) is 7.45. The number of hydrogen-bond donors (Lipinski definition) is 2. The highest BCUT2D eigenvalue weighted by atomic mass is 16.6. The normalized spacial score (nSPS) is 11.9. The summed E-state index contributed by atoms with van der Waals surface area (Å²) in [6.07, 6.45) is 0.997. The zero-order chi connectivity index (χ0) is 21.6. The maximum Gasteiger partial charge on any atom is 0.311 e. The Bertz CT molecular complexity index is 863. The van der Waals surface area contributed by atoms with Gasteiger partial charge in [0.1, 0.15) is 6.04 Å². The molecule has 0 bridgehead atoms. The van der Waals surface area contributed by atoms with E-state index < -0.39 is 4.92 Å². The Morgan fingerprint density at radius 1 is 1.24 bits per heavy atom. The van der Waals surface area contributed by atoms with E-state index in [9.17, 15) is 14.9 Å². The Labute approximate surface area is 171 Å². The molecule has 0 saturated carbocycles. The molecule has 0 heterocycles. The molecule has 0 radical (unpaired) electrons. The first-order chi connectivity index (χ1) is 13.8. The number of anilines is 1. The van der Waals surface area contributed by atoms with Crippen molar-refractivity contribution in [3.63, 3.8) is 0 Å². The number of nitrogens with two attached hydrogens (primary N) is 1. The van der Waals surface area contributed by atoms with Gasteiger partial charge in [-0.3, -0.25) is 14.9 Å². The summed E-state index contributed by atoms with van der Waals surface area (Å²) >= 11 is 0. The first-order valence-corrected chi connectivity index (χ1v) is 9.81. The highest BCUT2D eigenvalue weighted by Crippen LogP contribution is 2.32. The summed E-state index contributed by atoms with van der Waals surface area (Å²) in [5.74, 6) is 0.312. The molecule has 0 aliphatic carbocycles. The average Bonchev–Trinajstić information content (AvgIpc) is 2.69. The fraction of sp³-hybridized carbons (Fsp3) is 0.409. The number of aryl methyl sites for hydroxylation is 2. The minimum absolute atomic E-state index is 0.120. The number of benzene rings is 2. The van der Waals surface area contributed by atoms with E-state index in [4.69, 9.17) is 4.74 Å². The number of quaternary nitrogens is 1. The van der Waals surface area contributed by atoms with Crippen LogP contribution in [0.2, 0.25) is 0 Å². The van der Waals surface area contributed by atoms with E-state index in [1.807, 2.05) is 5.32 Å². The molecule has 3 N–H and O–H groups in total. The van der Waals surface area contributed by atoms with Crippen molar-refractivity contribution in [3.8, 4) is 5.75 Å². The van der Waals surface area contributed by atoms with Crippen molar-refractivity contribution in [2.24, 2.45) is 5.92 Å². The summed E-state index contributed by atoms with van der Waals surface area (Å²) in [5.41, 5.74) is 3.49. The van der Waals surface area contributed by atoms with Gasteiger partial charge in [0.25, 0.3) is 5.91 Å². The van der Waals surface area contributed by atoms with Crippen LogP contribution in [-0.4, -0.2) is 24.5 Å². The number of amides is 1. The molecule has 29 heavy (non-hydrogen) atoms. The minimum atomic E-state index is -0.498. The number of rotatable bonds is 9. The van der Waals surface area contributed by atoms with Gasteiger partial charge in [0, 0.05) is 29.3 Å². The number of nitrogens with zero attached hydrogens (tertiary/aromatic N) is 1. The molecule has 156 valence electrons. The zero-order valence-corrected chi connectivity index (χ0v) is 17.7. The number of ether oxygens (including phenoxy) is 1. The molecule has 7 nitrogen and oxygen atoms in total. The zero-order valence-electron chi connectivity index (χ0n) is 17.7.